The average Bonchev–Trinajstić information content (AvgIpc) is 2.92. The number of nitrogens with zero attached hydrogens (tertiary/aromatic N) is 4. The molecule has 0 unspecified atom stereocenters. The Morgan fingerprint density at radius 2 is 1.90 bits per heavy atom. The van der Waals surface area contributed by atoms with E-state index in [9.17, 15) is 23.1 Å². The van der Waals surface area contributed by atoms with Crippen LogP contribution in [0.2, 0.25) is 0 Å². The second-order valence-electron chi connectivity index (χ2n) is 10.0. The number of anilines is 1. The number of halogens is 3. The van der Waals surface area contributed by atoms with Crippen molar-refractivity contribution in [2.24, 2.45) is 0 Å². The maximum Gasteiger partial charge on any atom is 0.573 e. The summed E-state index contributed by atoms with van der Waals surface area (Å²) in [6, 6.07) is 13.0. The van der Waals surface area contributed by atoms with Crippen LogP contribution in [-0.4, -0.2) is 59.8 Å². The van der Waals surface area contributed by atoms with Crippen LogP contribution in [0, 0.1) is 11.3 Å². The molecular weight excluding hydrogens is 551 g/mol. The van der Waals surface area contributed by atoms with Crippen molar-refractivity contribution in [1.29, 1.82) is 5.26 Å². The summed E-state index contributed by atoms with van der Waals surface area (Å²) in [4.78, 5) is 22.6. The van der Waals surface area contributed by atoms with Crippen LogP contribution < -0.4 is 15.0 Å². The molecule has 2 aromatic carbocycles. The third-order valence-electron chi connectivity index (χ3n) is 6.94. The number of carboxylic acids is 1. The molecule has 1 saturated heterocycles. The van der Waals surface area contributed by atoms with Crippen LogP contribution in [0.1, 0.15) is 34.3 Å². The average molecular weight is 580 g/mol. The van der Waals surface area contributed by atoms with Gasteiger partial charge in [-0.15, -0.1) is 13.2 Å². The molecule has 0 atom stereocenters. The first-order valence-corrected chi connectivity index (χ1v) is 13.4. The molecule has 0 spiro atoms. The number of pyridine rings is 2. The van der Waals surface area contributed by atoms with Crippen molar-refractivity contribution in [1.82, 2.24) is 15.3 Å². The molecule has 0 radical (unpaired) electrons. The van der Waals surface area contributed by atoms with Gasteiger partial charge < -0.3 is 24.8 Å². The Morgan fingerprint density at radius 1 is 1.10 bits per heavy atom. The number of nitriles is 1. The largest absolute Gasteiger partial charge is 0.573 e. The van der Waals surface area contributed by atoms with E-state index < -0.39 is 12.3 Å². The van der Waals surface area contributed by atoms with Crippen LogP contribution in [0.15, 0.2) is 54.9 Å². The number of unbranched alkanes of at least 4 members (excludes halogenated alkanes) is 1. The number of benzene rings is 2. The van der Waals surface area contributed by atoms with Gasteiger partial charge in [0, 0.05) is 54.8 Å². The van der Waals surface area contributed by atoms with Gasteiger partial charge in [-0.05, 0) is 60.8 Å². The quantitative estimate of drug-likeness (QED) is 0.172. The molecule has 9 nitrogen and oxygen atoms in total. The Bertz CT molecular complexity index is 1630. The Balaban J connectivity index is 1.08. The highest BCUT2D eigenvalue weighted by atomic mass is 19.4. The molecule has 0 aliphatic carbocycles. The van der Waals surface area contributed by atoms with Gasteiger partial charge in [0.2, 0.25) is 0 Å². The number of carboxylic acid groups (broad SMARTS) is 1. The van der Waals surface area contributed by atoms with Crippen LogP contribution in [0.4, 0.5) is 19.0 Å². The fourth-order valence-electron chi connectivity index (χ4n) is 4.97. The summed E-state index contributed by atoms with van der Waals surface area (Å²) < 4.78 is 47.9. The molecule has 42 heavy (non-hydrogen) atoms. The molecule has 2 aromatic heterocycles. The van der Waals surface area contributed by atoms with Crippen LogP contribution >= 0.6 is 0 Å². The van der Waals surface area contributed by atoms with E-state index in [-0.39, 0.29) is 23.8 Å². The third kappa shape index (κ3) is 7.05. The van der Waals surface area contributed by atoms with Gasteiger partial charge in [0.15, 0.2) is 0 Å². The number of nitrogens with one attached hydrogen (secondary N) is 1. The first-order valence-electron chi connectivity index (χ1n) is 13.4. The van der Waals surface area contributed by atoms with E-state index in [1.807, 2.05) is 12.1 Å². The molecule has 2 N–H and O–H groups in total. The number of fused-ring (bicyclic) bond motifs is 3. The van der Waals surface area contributed by atoms with Crippen LogP contribution in [0.3, 0.4) is 0 Å². The van der Waals surface area contributed by atoms with E-state index in [1.54, 1.807) is 36.7 Å². The number of hydrogen-bond donors (Lipinski definition) is 2. The second kappa shape index (κ2) is 12.6. The first-order chi connectivity index (χ1) is 20.2. The summed E-state index contributed by atoms with van der Waals surface area (Å²) in [7, 11) is 0. The third-order valence-corrected chi connectivity index (χ3v) is 6.94. The Labute approximate surface area is 239 Å². The van der Waals surface area contributed by atoms with E-state index in [0.717, 1.165) is 34.8 Å². The van der Waals surface area contributed by atoms with E-state index in [1.165, 1.54) is 12.1 Å². The summed E-state index contributed by atoms with van der Waals surface area (Å²) in [5.74, 6) is -0.564. The van der Waals surface area contributed by atoms with Gasteiger partial charge in [0.25, 0.3) is 0 Å². The molecule has 0 amide bonds. The molecule has 5 rings (SSSR count). The smallest absolute Gasteiger partial charge is 0.478 e. The Morgan fingerprint density at radius 3 is 2.67 bits per heavy atom. The molecule has 0 saturated carbocycles. The maximum atomic E-state index is 12.6. The summed E-state index contributed by atoms with van der Waals surface area (Å²) in [5.41, 5.74) is 1.85. The van der Waals surface area contributed by atoms with Gasteiger partial charge in [-0.2, -0.15) is 5.26 Å². The van der Waals surface area contributed by atoms with Crippen LogP contribution in [0.25, 0.3) is 21.7 Å². The highest BCUT2D eigenvalue weighted by Crippen LogP contribution is 2.34. The number of hydrogen-bond acceptors (Lipinski definition) is 8. The molecule has 218 valence electrons. The van der Waals surface area contributed by atoms with Gasteiger partial charge in [0.05, 0.1) is 29.7 Å². The number of aromatic carboxylic acids is 1. The van der Waals surface area contributed by atoms with Gasteiger partial charge >= 0.3 is 12.3 Å². The number of rotatable bonds is 12. The zero-order valence-electron chi connectivity index (χ0n) is 22.5. The summed E-state index contributed by atoms with van der Waals surface area (Å²) in [6.07, 6.45) is 0.351. The Hall–Kier alpha value is -4.47. The van der Waals surface area contributed by atoms with Crippen molar-refractivity contribution in [3.63, 3.8) is 0 Å². The van der Waals surface area contributed by atoms with Crippen molar-refractivity contribution < 1.29 is 32.5 Å². The summed E-state index contributed by atoms with van der Waals surface area (Å²) in [5, 5.41) is 24.2. The van der Waals surface area contributed by atoms with E-state index in [0.29, 0.717) is 49.4 Å². The molecule has 3 heterocycles. The highest BCUT2D eigenvalue weighted by Gasteiger charge is 2.32. The zero-order chi connectivity index (χ0) is 29.7. The SMILES string of the molecule is N#CCc1cc(CNCCCCOC2CN(c3nc4cc(C(=O)O)ccc4c4cnccc34)C2)cc(OC(F)(F)F)c1. The van der Waals surface area contributed by atoms with Gasteiger partial charge in [0.1, 0.15) is 11.6 Å². The van der Waals surface area contributed by atoms with Crippen molar-refractivity contribution >= 4 is 33.5 Å². The number of carbonyl (C=O) groups is 1. The minimum Gasteiger partial charge on any atom is -0.478 e. The lowest BCUT2D eigenvalue weighted by molar-refractivity contribution is -0.274. The Kier molecular flexibility index (Phi) is 8.70. The fourth-order valence-corrected chi connectivity index (χ4v) is 4.97. The van der Waals surface area contributed by atoms with E-state index in [2.05, 4.69) is 19.9 Å². The molecule has 4 aromatic rings. The molecule has 1 aliphatic heterocycles. The monoisotopic (exact) mass is 579 g/mol. The summed E-state index contributed by atoms with van der Waals surface area (Å²) >= 11 is 0. The lowest BCUT2D eigenvalue weighted by Gasteiger charge is -2.40. The van der Waals surface area contributed by atoms with E-state index >= 15 is 0 Å². The molecule has 12 heteroatoms. The van der Waals surface area contributed by atoms with E-state index in [4.69, 9.17) is 15.0 Å². The molecule has 1 fully saturated rings. The number of alkyl halides is 3. The summed E-state index contributed by atoms with van der Waals surface area (Å²) in [6.45, 7) is 2.89. The second-order valence-corrected chi connectivity index (χ2v) is 10.0. The maximum absolute atomic E-state index is 12.6. The van der Waals surface area contributed by atoms with Crippen molar-refractivity contribution in [2.75, 3.05) is 31.1 Å². The highest BCUT2D eigenvalue weighted by molar-refractivity contribution is 6.11. The predicted octanol–water partition coefficient (Wildman–Crippen LogP) is 5.22. The molecular formula is C30H28F3N5O4. The van der Waals surface area contributed by atoms with Crippen molar-refractivity contribution in [3.8, 4) is 11.8 Å². The zero-order valence-corrected chi connectivity index (χ0v) is 22.5. The minimum atomic E-state index is -4.79. The lowest BCUT2D eigenvalue weighted by atomic mass is 10.0. The van der Waals surface area contributed by atoms with Crippen LogP contribution in [0.5, 0.6) is 5.75 Å². The van der Waals surface area contributed by atoms with Gasteiger partial charge in [-0.1, -0.05) is 12.1 Å². The first kappa shape index (κ1) is 29.0. The van der Waals surface area contributed by atoms with Crippen molar-refractivity contribution in [2.45, 2.75) is 38.3 Å². The lowest BCUT2D eigenvalue weighted by Crippen LogP contribution is -2.52. The number of aromatic nitrogens is 2. The normalized spacial score (nSPS) is 13.7. The number of ether oxygens (including phenoxy) is 2. The predicted molar refractivity (Wildman–Crippen MR) is 149 cm³/mol. The standard InChI is InChI=1S/C30H28F3N5O4/c31-30(32,33)42-22-12-19(5-7-34)11-20(13-22)15-35-8-1-2-10-41-23-17-38(18-23)28-25-6-9-36-16-26(25)24-4-3-21(29(39)40)14-27(24)37-28/h3-4,6,9,11-14,16,23,35H,1-2,5,8,10,15,17-18H2,(H,39,40). The topological polar surface area (TPSA) is 121 Å². The molecule has 0 bridgehead atoms. The van der Waals surface area contributed by atoms with Crippen LogP contribution in [-0.2, 0) is 17.7 Å². The van der Waals surface area contributed by atoms with Gasteiger partial charge in [-0.3, -0.25) is 4.98 Å². The minimum absolute atomic E-state index is 0.00595. The van der Waals surface area contributed by atoms with Crippen molar-refractivity contribution in [3.05, 3.63) is 71.5 Å². The molecule has 1 aliphatic rings. The van der Waals surface area contributed by atoms with Gasteiger partial charge in [-0.25, -0.2) is 9.78 Å². The fraction of sp³-hybridized carbons (Fsp3) is 0.333.